The standard InChI is InChI=1S/C19H31N3/c1-16(2)17-4-6-18(7-5-17)21-10-8-19(9-11-21)22-14-12-20(3)13-15-22/h4-7,16,19H,8-15H2,1-3H3. The Morgan fingerprint density at radius 1 is 0.864 bits per heavy atom. The summed E-state index contributed by atoms with van der Waals surface area (Å²) < 4.78 is 0. The van der Waals surface area contributed by atoms with Crippen molar-refractivity contribution in [3.05, 3.63) is 29.8 Å². The van der Waals surface area contributed by atoms with Crippen LogP contribution in [0.25, 0.3) is 0 Å². The number of piperidine rings is 1. The molecule has 0 aliphatic carbocycles. The lowest BCUT2D eigenvalue weighted by Gasteiger charge is -2.42. The van der Waals surface area contributed by atoms with Crippen LogP contribution in [0.1, 0.15) is 38.2 Å². The molecule has 1 aromatic carbocycles. The minimum absolute atomic E-state index is 0.622. The van der Waals surface area contributed by atoms with Gasteiger partial charge in [-0.2, -0.15) is 0 Å². The maximum absolute atomic E-state index is 2.72. The molecule has 0 atom stereocenters. The monoisotopic (exact) mass is 301 g/mol. The Labute approximate surface area is 135 Å². The van der Waals surface area contributed by atoms with E-state index in [1.165, 1.54) is 63.4 Å². The summed E-state index contributed by atoms with van der Waals surface area (Å²) >= 11 is 0. The fraction of sp³-hybridized carbons (Fsp3) is 0.684. The van der Waals surface area contributed by atoms with Gasteiger partial charge in [0.15, 0.2) is 0 Å². The first-order chi connectivity index (χ1) is 10.6. The number of anilines is 1. The van der Waals surface area contributed by atoms with Crippen molar-refractivity contribution in [2.75, 3.05) is 51.2 Å². The Bertz CT molecular complexity index is 452. The molecule has 0 saturated carbocycles. The van der Waals surface area contributed by atoms with Gasteiger partial charge in [0.25, 0.3) is 0 Å². The average Bonchev–Trinajstić information content (AvgIpc) is 2.56. The van der Waals surface area contributed by atoms with Crippen molar-refractivity contribution in [1.29, 1.82) is 0 Å². The van der Waals surface area contributed by atoms with E-state index < -0.39 is 0 Å². The van der Waals surface area contributed by atoms with Crippen molar-refractivity contribution in [2.45, 2.75) is 38.6 Å². The van der Waals surface area contributed by atoms with Gasteiger partial charge in [-0.25, -0.2) is 0 Å². The molecule has 0 amide bonds. The lowest BCUT2D eigenvalue weighted by molar-refractivity contribution is 0.0982. The second-order valence-corrected chi connectivity index (χ2v) is 7.30. The zero-order chi connectivity index (χ0) is 15.5. The maximum atomic E-state index is 2.72. The molecular weight excluding hydrogens is 270 g/mol. The van der Waals surface area contributed by atoms with E-state index >= 15 is 0 Å². The zero-order valence-corrected chi connectivity index (χ0v) is 14.5. The highest BCUT2D eigenvalue weighted by Crippen LogP contribution is 2.25. The summed E-state index contributed by atoms with van der Waals surface area (Å²) in [5.41, 5.74) is 2.84. The smallest absolute Gasteiger partial charge is 0.0366 e. The van der Waals surface area contributed by atoms with Crippen LogP contribution in [0.2, 0.25) is 0 Å². The molecule has 0 N–H and O–H groups in total. The normalized spacial score (nSPS) is 22.5. The molecule has 0 spiro atoms. The van der Waals surface area contributed by atoms with Crippen LogP contribution in [0.15, 0.2) is 24.3 Å². The van der Waals surface area contributed by atoms with Gasteiger partial charge in [-0.3, -0.25) is 4.90 Å². The molecule has 3 heteroatoms. The Kier molecular flexibility index (Phi) is 5.04. The van der Waals surface area contributed by atoms with Gasteiger partial charge in [0.1, 0.15) is 0 Å². The SMILES string of the molecule is CC(C)c1ccc(N2CCC(N3CCN(C)CC3)CC2)cc1. The predicted molar refractivity (Wildman–Crippen MR) is 94.8 cm³/mol. The molecule has 0 aromatic heterocycles. The lowest BCUT2D eigenvalue weighted by atomic mass is 10.00. The summed E-state index contributed by atoms with van der Waals surface area (Å²) in [4.78, 5) is 7.73. The summed E-state index contributed by atoms with van der Waals surface area (Å²) in [6.45, 7) is 11.9. The number of rotatable bonds is 3. The summed E-state index contributed by atoms with van der Waals surface area (Å²) in [6, 6.07) is 10.0. The van der Waals surface area contributed by atoms with Crippen molar-refractivity contribution >= 4 is 5.69 Å². The number of benzene rings is 1. The molecule has 1 aromatic rings. The number of likely N-dealkylation sites (N-methyl/N-ethyl adjacent to an activating group) is 1. The molecular formula is C19H31N3. The number of hydrogen-bond donors (Lipinski definition) is 0. The summed E-state index contributed by atoms with van der Waals surface area (Å²) in [6.07, 6.45) is 2.63. The predicted octanol–water partition coefficient (Wildman–Crippen LogP) is 3.03. The second kappa shape index (κ2) is 7.01. The van der Waals surface area contributed by atoms with Gasteiger partial charge >= 0.3 is 0 Å². The first kappa shape index (κ1) is 15.8. The molecule has 2 saturated heterocycles. The molecule has 2 heterocycles. The van der Waals surface area contributed by atoms with Gasteiger partial charge in [-0.1, -0.05) is 26.0 Å². The first-order valence-electron chi connectivity index (χ1n) is 8.91. The Morgan fingerprint density at radius 2 is 1.45 bits per heavy atom. The van der Waals surface area contributed by atoms with E-state index in [2.05, 4.69) is 59.9 Å². The fourth-order valence-corrected chi connectivity index (χ4v) is 3.75. The molecule has 0 bridgehead atoms. The van der Waals surface area contributed by atoms with Gasteiger partial charge in [-0.15, -0.1) is 0 Å². The Balaban J connectivity index is 1.53. The second-order valence-electron chi connectivity index (χ2n) is 7.30. The van der Waals surface area contributed by atoms with Crippen LogP contribution in [0, 0.1) is 0 Å². The van der Waals surface area contributed by atoms with Crippen molar-refractivity contribution in [3.63, 3.8) is 0 Å². The van der Waals surface area contributed by atoms with Crippen LogP contribution in [-0.2, 0) is 0 Å². The van der Waals surface area contributed by atoms with E-state index in [9.17, 15) is 0 Å². The fourth-order valence-electron chi connectivity index (χ4n) is 3.75. The van der Waals surface area contributed by atoms with Crippen LogP contribution in [-0.4, -0.2) is 62.2 Å². The van der Waals surface area contributed by atoms with E-state index in [0.717, 1.165) is 6.04 Å². The van der Waals surface area contributed by atoms with E-state index in [1.54, 1.807) is 0 Å². The van der Waals surface area contributed by atoms with Crippen molar-refractivity contribution in [2.24, 2.45) is 0 Å². The molecule has 3 nitrogen and oxygen atoms in total. The van der Waals surface area contributed by atoms with Gasteiger partial charge < -0.3 is 9.80 Å². The molecule has 3 rings (SSSR count). The first-order valence-corrected chi connectivity index (χ1v) is 8.91. The third kappa shape index (κ3) is 3.64. The van der Waals surface area contributed by atoms with Crippen LogP contribution < -0.4 is 4.90 Å². The van der Waals surface area contributed by atoms with Gasteiger partial charge in [0.05, 0.1) is 0 Å². The topological polar surface area (TPSA) is 9.72 Å². The minimum atomic E-state index is 0.622. The van der Waals surface area contributed by atoms with Crippen LogP contribution in [0.5, 0.6) is 0 Å². The van der Waals surface area contributed by atoms with Crippen molar-refractivity contribution in [1.82, 2.24) is 9.80 Å². The number of hydrogen-bond acceptors (Lipinski definition) is 3. The molecule has 0 unspecified atom stereocenters. The van der Waals surface area contributed by atoms with Gasteiger partial charge in [0, 0.05) is 51.0 Å². The van der Waals surface area contributed by atoms with Crippen molar-refractivity contribution in [3.8, 4) is 0 Å². The van der Waals surface area contributed by atoms with Crippen LogP contribution >= 0.6 is 0 Å². The van der Waals surface area contributed by atoms with E-state index in [-0.39, 0.29) is 0 Å². The third-order valence-electron chi connectivity index (χ3n) is 5.44. The Hall–Kier alpha value is -1.06. The molecule has 0 radical (unpaired) electrons. The highest BCUT2D eigenvalue weighted by atomic mass is 15.3. The quantitative estimate of drug-likeness (QED) is 0.850. The molecule has 122 valence electrons. The molecule has 2 aliphatic heterocycles. The summed E-state index contributed by atoms with van der Waals surface area (Å²) in [7, 11) is 2.24. The van der Waals surface area contributed by atoms with E-state index in [0.29, 0.717) is 5.92 Å². The van der Waals surface area contributed by atoms with Gasteiger partial charge in [0.2, 0.25) is 0 Å². The van der Waals surface area contributed by atoms with E-state index in [4.69, 9.17) is 0 Å². The molecule has 2 aliphatic rings. The highest BCUT2D eigenvalue weighted by molar-refractivity contribution is 5.48. The van der Waals surface area contributed by atoms with Crippen molar-refractivity contribution < 1.29 is 0 Å². The largest absolute Gasteiger partial charge is 0.371 e. The Morgan fingerprint density at radius 3 is 2.00 bits per heavy atom. The maximum Gasteiger partial charge on any atom is 0.0366 e. The third-order valence-corrected chi connectivity index (χ3v) is 5.44. The lowest BCUT2D eigenvalue weighted by Crippen LogP contribution is -2.52. The minimum Gasteiger partial charge on any atom is -0.371 e. The average molecular weight is 301 g/mol. The number of nitrogens with zero attached hydrogens (tertiary/aromatic N) is 3. The van der Waals surface area contributed by atoms with Crippen LogP contribution in [0.4, 0.5) is 5.69 Å². The summed E-state index contributed by atoms with van der Waals surface area (Å²) in [5.74, 6) is 0.622. The van der Waals surface area contributed by atoms with Crippen LogP contribution in [0.3, 0.4) is 0 Å². The van der Waals surface area contributed by atoms with Gasteiger partial charge in [-0.05, 0) is 43.5 Å². The zero-order valence-electron chi connectivity index (χ0n) is 14.5. The number of piperazine rings is 1. The highest BCUT2D eigenvalue weighted by Gasteiger charge is 2.26. The molecule has 22 heavy (non-hydrogen) atoms. The molecule has 2 fully saturated rings. The summed E-state index contributed by atoms with van der Waals surface area (Å²) in [5, 5.41) is 0. The van der Waals surface area contributed by atoms with E-state index in [1.807, 2.05) is 0 Å².